The van der Waals surface area contributed by atoms with E-state index >= 15 is 0 Å². The SMILES string of the molecule is CCOc1ccc(NC(=O)CSc2nnc(-c3ccc([N+](=O)[O-])cc3)o2)c([N+](=O)[O-])c1. The third-order valence-corrected chi connectivity index (χ3v) is 4.63. The first-order chi connectivity index (χ1) is 14.9. The van der Waals surface area contributed by atoms with Crippen molar-refractivity contribution in [3.63, 3.8) is 0 Å². The van der Waals surface area contributed by atoms with Gasteiger partial charge in [-0.15, -0.1) is 10.2 Å². The molecule has 13 heteroatoms. The second kappa shape index (κ2) is 9.67. The van der Waals surface area contributed by atoms with Crippen molar-refractivity contribution in [1.29, 1.82) is 0 Å². The van der Waals surface area contributed by atoms with Gasteiger partial charge in [0.15, 0.2) is 0 Å². The number of hydrogen-bond donors (Lipinski definition) is 1. The number of benzene rings is 2. The predicted molar refractivity (Wildman–Crippen MR) is 110 cm³/mol. The molecule has 1 heterocycles. The van der Waals surface area contributed by atoms with Crippen LogP contribution in [-0.2, 0) is 4.79 Å². The van der Waals surface area contributed by atoms with Crippen LogP contribution in [0.5, 0.6) is 5.75 Å². The van der Waals surface area contributed by atoms with Gasteiger partial charge in [0.1, 0.15) is 11.4 Å². The summed E-state index contributed by atoms with van der Waals surface area (Å²) in [6.45, 7) is 2.11. The number of nitrogens with zero attached hydrogens (tertiary/aromatic N) is 4. The Hall–Kier alpha value is -4.00. The topological polar surface area (TPSA) is 164 Å². The Morgan fingerprint density at radius 1 is 1.13 bits per heavy atom. The Morgan fingerprint density at radius 3 is 2.52 bits per heavy atom. The maximum absolute atomic E-state index is 12.2. The number of ether oxygens (including phenoxy) is 1. The van der Waals surface area contributed by atoms with Gasteiger partial charge >= 0.3 is 0 Å². The first-order valence-corrected chi connectivity index (χ1v) is 9.78. The molecule has 0 saturated carbocycles. The summed E-state index contributed by atoms with van der Waals surface area (Å²) in [7, 11) is 0. The number of aromatic nitrogens is 2. The molecule has 0 bridgehead atoms. The molecule has 3 aromatic rings. The second-order valence-corrected chi connectivity index (χ2v) is 6.81. The normalized spacial score (nSPS) is 10.5. The van der Waals surface area contributed by atoms with Crippen LogP contribution in [0.2, 0.25) is 0 Å². The van der Waals surface area contributed by atoms with Gasteiger partial charge in [-0.3, -0.25) is 25.0 Å². The van der Waals surface area contributed by atoms with Crippen LogP contribution in [0.25, 0.3) is 11.5 Å². The van der Waals surface area contributed by atoms with Gasteiger partial charge in [0.2, 0.25) is 11.8 Å². The van der Waals surface area contributed by atoms with E-state index in [1.807, 2.05) is 0 Å². The van der Waals surface area contributed by atoms with Gasteiger partial charge in [-0.2, -0.15) is 0 Å². The van der Waals surface area contributed by atoms with E-state index in [9.17, 15) is 25.0 Å². The van der Waals surface area contributed by atoms with Crippen molar-refractivity contribution in [2.24, 2.45) is 0 Å². The molecule has 2 aromatic carbocycles. The van der Waals surface area contributed by atoms with E-state index in [-0.39, 0.29) is 33.9 Å². The largest absolute Gasteiger partial charge is 0.494 e. The van der Waals surface area contributed by atoms with Crippen molar-refractivity contribution in [3.05, 3.63) is 62.7 Å². The molecule has 1 aromatic heterocycles. The summed E-state index contributed by atoms with van der Waals surface area (Å²) in [4.78, 5) is 33.0. The highest BCUT2D eigenvalue weighted by molar-refractivity contribution is 7.99. The van der Waals surface area contributed by atoms with Crippen LogP contribution in [0.1, 0.15) is 6.92 Å². The molecule has 0 unspecified atom stereocenters. The Kier molecular flexibility index (Phi) is 6.77. The van der Waals surface area contributed by atoms with E-state index in [4.69, 9.17) is 9.15 Å². The van der Waals surface area contributed by atoms with Gasteiger partial charge in [0.25, 0.3) is 16.6 Å². The minimum Gasteiger partial charge on any atom is -0.494 e. The highest BCUT2D eigenvalue weighted by atomic mass is 32.2. The van der Waals surface area contributed by atoms with Crippen molar-refractivity contribution < 1.29 is 23.8 Å². The van der Waals surface area contributed by atoms with Crippen LogP contribution in [0, 0.1) is 20.2 Å². The number of rotatable bonds is 9. The molecule has 0 spiro atoms. The molecular weight excluding hydrogens is 430 g/mol. The summed E-state index contributed by atoms with van der Waals surface area (Å²) in [5, 5.41) is 32.2. The van der Waals surface area contributed by atoms with Crippen molar-refractivity contribution in [2.45, 2.75) is 12.1 Å². The lowest BCUT2D eigenvalue weighted by atomic mass is 10.2. The zero-order valence-electron chi connectivity index (χ0n) is 16.0. The van der Waals surface area contributed by atoms with E-state index in [2.05, 4.69) is 15.5 Å². The first kappa shape index (κ1) is 21.7. The van der Waals surface area contributed by atoms with Crippen LogP contribution in [0.4, 0.5) is 17.1 Å². The van der Waals surface area contributed by atoms with Crippen LogP contribution >= 0.6 is 11.8 Å². The summed E-state index contributed by atoms with van der Waals surface area (Å²) in [6, 6.07) is 9.71. The molecule has 160 valence electrons. The monoisotopic (exact) mass is 445 g/mol. The quantitative estimate of drug-likeness (QED) is 0.292. The maximum Gasteiger partial charge on any atom is 0.296 e. The number of thioether (sulfide) groups is 1. The van der Waals surface area contributed by atoms with Gasteiger partial charge in [0.05, 0.1) is 28.3 Å². The summed E-state index contributed by atoms with van der Waals surface area (Å²) < 4.78 is 10.7. The summed E-state index contributed by atoms with van der Waals surface area (Å²) >= 11 is 0.942. The molecule has 3 rings (SSSR count). The Labute approximate surface area is 178 Å². The fraction of sp³-hybridized carbons (Fsp3) is 0.167. The van der Waals surface area contributed by atoms with Crippen LogP contribution in [0.3, 0.4) is 0 Å². The third kappa shape index (κ3) is 5.54. The van der Waals surface area contributed by atoms with Crippen molar-refractivity contribution in [3.8, 4) is 17.2 Å². The van der Waals surface area contributed by atoms with E-state index in [1.54, 1.807) is 6.92 Å². The van der Waals surface area contributed by atoms with E-state index in [0.717, 1.165) is 11.8 Å². The number of carbonyl (C=O) groups is 1. The molecule has 0 fully saturated rings. The third-order valence-electron chi connectivity index (χ3n) is 3.81. The van der Waals surface area contributed by atoms with Gasteiger partial charge in [-0.1, -0.05) is 11.8 Å². The number of nitro benzene ring substituents is 2. The molecule has 0 radical (unpaired) electrons. The van der Waals surface area contributed by atoms with Crippen LogP contribution in [-0.4, -0.2) is 38.3 Å². The lowest BCUT2D eigenvalue weighted by Crippen LogP contribution is -2.15. The maximum atomic E-state index is 12.2. The van der Waals surface area contributed by atoms with E-state index in [1.165, 1.54) is 42.5 Å². The predicted octanol–water partition coefficient (Wildman–Crippen LogP) is 3.68. The molecule has 12 nitrogen and oxygen atoms in total. The van der Waals surface area contributed by atoms with Crippen LogP contribution in [0.15, 0.2) is 52.1 Å². The average molecular weight is 445 g/mol. The van der Waals surface area contributed by atoms with Gasteiger partial charge in [-0.05, 0) is 31.2 Å². The lowest BCUT2D eigenvalue weighted by molar-refractivity contribution is -0.384. The molecule has 0 aliphatic rings. The number of non-ortho nitro benzene ring substituents is 1. The van der Waals surface area contributed by atoms with Gasteiger partial charge in [0, 0.05) is 17.7 Å². The first-order valence-electron chi connectivity index (χ1n) is 8.79. The number of amides is 1. The van der Waals surface area contributed by atoms with Gasteiger partial charge in [-0.25, -0.2) is 0 Å². The zero-order chi connectivity index (χ0) is 22.4. The second-order valence-electron chi connectivity index (χ2n) is 5.88. The standard InChI is InChI=1S/C18H15N5O7S/c1-2-29-13-7-8-14(15(9-13)23(27)28)19-16(24)10-31-18-21-20-17(30-18)11-3-5-12(6-4-11)22(25)26/h3-9H,2,10H2,1H3,(H,19,24). The van der Waals surface area contributed by atoms with E-state index < -0.39 is 15.8 Å². The summed E-state index contributed by atoms with van der Waals surface area (Å²) in [5.41, 5.74) is 0.163. The molecular formula is C18H15N5O7S. The fourth-order valence-electron chi connectivity index (χ4n) is 2.45. The number of hydrogen-bond acceptors (Lipinski definition) is 10. The smallest absolute Gasteiger partial charge is 0.296 e. The number of anilines is 1. The summed E-state index contributed by atoms with van der Waals surface area (Å²) in [6.07, 6.45) is 0. The van der Waals surface area contributed by atoms with Crippen molar-refractivity contribution in [1.82, 2.24) is 10.2 Å². The molecule has 31 heavy (non-hydrogen) atoms. The fourth-order valence-corrected chi connectivity index (χ4v) is 3.01. The lowest BCUT2D eigenvalue weighted by Gasteiger charge is -2.07. The number of nitro groups is 2. The van der Waals surface area contributed by atoms with E-state index in [0.29, 0.717) is 17.9 Å². The highest BCUT2D eigenvalue weighted by Gasteiger charge is 2.18. The highest BCUT2D eigenvalue weighted by Crippen LogP contribution is 2.30. The minimum absolute atomic E-state index is 0.0381. The average Bonchev–Trinajstić information content (AvgIpc) is 3.22. The molecule has 0 aliphatic heterocycles. The summed E-state index contributed by atoms with van der Waals surface area (Å²) in [5.74, 6) is -0.176. The Morgan fingerprint density at radius 2 is 1.87 bits per heavy atom. The molecule has 0 aliphatic carbocycles. The Bertz CT molecular complexity index is 1120. The Balaban J connectivity index is 1.61. The molecule has 1 amide bonds. The zero-order valence-corrected chi connectivity index (χ0v) is 16.8. The number of carbonyl (C=O) groups excluding carboxylic acids is 1. The van der Waals surface area contributed by atoms with Crippen LogP contribution < -0.4 is 10.1 Å². The van der Waals surface area contributed by atoms with Crippen molar-refractivity contribution >= 4 is 34.7 Å². The molecule has 1 N–H and O–H groups in total. The molecule has 0 atom stereocenters. The molecule has 0 saturated heterocycles. The van der Waals surface area contributed by atoms with Gasteiger partial charge < -0.3 is 14.5 Å². The minimum atomic E-state index is -0.611. The number of nitrogens with one attached hydrogen (secondary N) is 1. The van der Waals surface area contributed by atoms with Crippen molar-refractivity contribution in [2.75, 3.05) is 17.7 Å².